The van der Waals surface area contributed by atoms with E-state index >= 15 is 0 Å². The molecular weight excluding hydrogens is 254 g/mol. The summed E-state index contributed by atoms with van der Waals surface area (Å²) in [6.45, 7) is 8.26. The topological polar surface area (TPSA) is 23.5 Å². The van der Waals surface area contributed by atoms with Gasteiger partial charge in [0, 0.05) is 30.0 Å². The van der Waals surface area contributed by atoms with Gasteiger partial charge in [-0.25, -0.2) is 0 Å². The van der Waals surface area contributed by atoms with Crippen molar-refractivity contribution in [3.05, 3.63) is 21.9 Å². The van der Waals surface area contributed by atoms with E-state index in [0.29, 0.717) is 6.42 Å². The number of hydrogen-bond acceptors (Lipinski definition) is 3. The molecule has 1 unspecified atom stereocenters. The molecule has 2 heterocycles. The Balaban J connectivity index is 1.94. The van der Waals surface area contributed by atoms with E-state index in [1.807, 2.05) is 0 Å². The smallest absolute Gasteiger partial charge is 0.0540 e. The Bertz CT molecular complexity index is 455. The van der Waals surface area contributed by atoms with Crippen molar-refractivity contribution in [1.29, 1.82) is 0 Å². The zero-order valence-electron chi connectivity index (χ0n) is 11.9. The van der Waals surface area contributed by atoms with Crippen molar-refractivity contribution in [2.24, 2.45) is 11.8 Å². The lowest BCUT2D eigenvalue weighted by Crippen LogP contribution is -2.21. The summed E-state index contributed by atoms with van der Waals surface area (Å²) in [5, 5.41) is 10.9. The highest BCUT2D eigenvalue weighted by Crippen LogP contribution is 2.27. The summed E-state index contributed by atoms with van der Waals surface area (Å²) >= 11 is 1.80. The molecule has 0 aliphatic carbocycles. The molecule has 1 aromatic rings. The maximum Gasteiger partial charge on any atom is 0.0540 e. The Morgan fingerprint density at radius 1 is 1.53 bits per heavy atom. The van der Waals surface area contributed by atoms with Crippen LogP contribution in [-0.4, -0.2) is 29.7 Å². The Morgan fingerprint density at radius 2 is 2.37 bits per heavy atom. The van der Waals surface area contributed by atoms with Crippen LogP contribution in [0.25, 0.3) is 0 Å². The number of rotatable bonds is 4. The van der Waals surface area contributed by atoms with E-state index in [-0.39, 0.29) is 6.61 Å². The molecule has 1 fully saturated rings. The maximum absolute atomic E-state index is 8.77. The van der Waals surface area contributed by atoms with Crippen molar-refractivity contribution in [3.8, 4) is 11.8 Å². The van der Waals surface area contributed by atoms with Gasteiger partial charge >= 0.3 is 0 Å². The molecule has 0 saturated carbocycles. The molecule has 1 aliphatic rings. The van der Waals surface area contributed by atoms with Crippen LogP contribution < -0.4 is 0 Å². The summed E-state index contributed by atoms with van der Waals surface area (Å²) < 4.78 is 0. The van der Waals surface area contributed by atoms with Crippen LogP contribution in [0.5, 0.6) is 0 Å². The molecule has 0 aromatic carbocycles. The largest absolute Gasteiger partial charge is 0.395 e. The summed E-state index contributed by atoms with van der Waals surface area (Å²) in [6.07, 6.45) is 1.89. The fourth-order valence-corrected chi connectivity index (χ4v) is 3.41. The highest BCUT2D eigenvalue weighted by Gasteiger charge is 2.25. The first-order valence-corrected chi connectivity index (χ1v) is 7.97. The van der Waals surface area contributed by atoms with Crippen molar-refractivity contribution in [3.63, 3.8) is 0 Å². The van der Waals surface area contributed by atoms with E-state index in [2.05, 4.69) is 42.0 Å². The molecule has 0 radical (unpaired) electrons. The van der Waals surface area contributed by atoms with Gasteiger partial charge in [0.25, 0.3) is 0 Å². The van der Waals surface area contributed by atoms with Crippen LogP contribution in [0.2, 0.25) is 0 Å². The first-order chi connectivity index (χ1) is 9.20. The molecule has 2 nitrogen and oxygen atoms in total. The van der Waals surface area contributed by atoms with Crippen LogP contribution in [0.3, 0.4) is 0 Å². The van der Waals surface area contributed by atoms with Crippen LogP contribution in [0.1, 0.15) is 37.1 Å². The van der Waals surface area contributed by atoms with Crippen LogP contribution >= 0.6 is 11.3 Å². The Morgan fingerprint density at radius 3 is 3.05 bits per heavy atom. The van der Waals surface area contributed by atoms with E-state index in [1.165, 1.54) is 24.4 Å². The van der Waals surface area contributed by atoms with Gasteiger partial charge in [0.2, 0.25) is 0 Å². The average Bonchev–Trinajstić information content (AvgIpc) is 3.00. The lowest BCUT2D eigenvalue weighted by atomic mass is 9.95. The van der Waals surface area contributed by atoms with Gasteiger partial charge in [-0.15, -0.1) is 11.3 Å². The van der Waals surface area contributed by atoms with Gasteiger partial charge in [-0.3, -0.25) is 4.90 Å². The molecular formula is C16H23NOS. The lowest BCUT2D eigenvalue weighted by Gasteiger charge is -2.17. The predicted molar refractivity (Wildman–Crippen MR) is 81.1 cm³/mol. The van der Waals surface area contributed by atoms with Crippen LogP contribution in [0.15, 0.2) is 11.4 Å². The second-order valence-corrected chi connectivity index (χ2v) is 6.56. The van der Waals surface area contributed by atoms with Crippen LogP contribution in [0.4, 0.5) is 0 Å². The second kappa shape index (κ2) is 7.09. The summed E-state index contributed by atoms with van der Waals surface area (Å²) in [6, 6.07) is 2.10. The standard InChI is InChI=1S/C16H23NOS/c1-13(2)15-6-8-17(11-15)12-16-14(7-10-19-16)5-3-4-9-18/h7,10,13,15,18H,4,6,8-9,11-12H2,1-2H3. The highest BCUT2D eigenvalue weighted by molar-refractivity contribution is 7.10. The number of likely N-dealkylation sites (tertiary alicyclic amines) is 1. The van der Waals surface area contributed by atoms with Gasteiger partial charge in [-0.1, -0.05) is 25.7 Å². The van der Waals surface area contributed by atoms with Gasteiger partial charge in [-0.05, 0) is 36.2 Å². The molecule has 3 heteroatoms. The molecule has 1 N–H and O–H groups in total. The lowest BCUT2D eigenvalue weighted by molar-refractivity contribution is 0.299. The van der Waals surface area contributed by atoms with Crippen molar-refractivity contribution < 1.29 is 5.11 Å². The van der Waals surface area contributed by atoms with E-state index < -0.39 is 0 Å². The summed E-state index contributed by atoms with van der Waals surface area (Å²) in [4.78, 5) is 3.92. The molecule has 19 heavy (non-hydrogen) atoms. The van der Waals surface area contributed by atoms with Gasteiger partial charge < -0.3 is 5.11 Å². The Hall–Kier alpha value is -0.820. The molecule has 104 valence electrons. The fourth-order valence-electron chi connectivity index (χ4n) is 2.54. The maximum atomic E-state index is 8.77. The molecule has 1 atom stereocenters. The van der Waals surface area contributed by atoms with Crippen molar-refractivity contribution >= 4 is 11.3 Å². The summed E-state index contributed by atoms with van der Waals surface area (Å²) in [7, 11) is 0. The SMILES string of the molecule is CC(C)C1CCN(Cc2sccc2C#CCCO)C1. The third-order valence-corrected chi connectivity index (χ3v) is 4.73. The van der Waals surface area contributed by atoms with Gasteiger partial charge in [0.1, 0.15) is 0 Å². The van der Waals surface area contributed by atoms with E-state index in [9.17, 15) is 0 Å². The number of thiophene rings is 1. The first-order valence-electron chi connectivity index (χ1n) is 7.09. The predicted octanol–water partition coefficient (Wildman–Crippen LogP) is 2.96. The fraction of sp³-hybridized carbons (Fsp3) is 0.625. The third kappa shape index (κ3) is 4.07. The second-order valence-electron chi connectivity index (χ2n) is 5.56. The third-order valence-electron chi connectivity index (χ3n) is 3.82. The van der Waals surface area contributed by atoms with Gasteiger partial charge in [0.15, 0.2) is 0 Å². The van der Waals surface area contributed by atoms with Crippen molar-refractivity contribution in [2.45, 2.75) is 33.2 Å². The summed E-state index contributed by atoms with van der Waals surface area (Å²) in [5.74, 6) is 7.83. The molecule has 1 aliphatic heterocycles. The average molecular weight is 277 g/mol. The molecule has 2 rings (SSSR count). The minimum atomic E-state index is 0.147. The number of aliphatic hydroxyl groups excluding tert-OH is 1. The normalized spacial score (nSPS) is 19.7. The van der Waals surface area contributed by atoms with Crippen LogP contribution in [-0.2, 0) is 6.54 Å². The quantitative estimate of drug-likeness (QED) is 0.855. The van der Waals surface area contributed by atoms with E-state index in [4.69, 9.17) is 5.11 Å². The minimum Gasteiger partial charge on any atom is -0.395 e. The number of nitrogens with zero attached hydrogens (tertiary/aromatic N) is 1. The molecule has 0 bridgehead atoms. The molecule has 1 saturated heterocycles. The monoisotopic (exact) mass is 277 g/mol. The Kier molecular flexibility index (Phi) is 5.45. The molecule has 0 spiro atoms. The van der Waals surface area contributed by atoms with E-state index in [1.54, 1.807) is 11.3 Å². The van der Waals surface area contributed by atoms with Crippen molar-refractivity contribution in [1.82, 2.24) is 4.90 Å². The minimum absolute atomic E-state index is 0.147. The van der Waals surface area contributed by atoms with Gasteiger partial charge in [0.05, 0.1) is 6.61 Å². The Labute approximate surface area is 120 Å². The number of hydrogen-bond donors (Lipinski definition) is 1. The van der Waals surface area contributed by atoms with Gasteiger partial charge in [-0.2, -0.15) is 0 Å². The highest BCUT2D eigenvalue weighted by atomic mass is 32.1. The number of aliphatic hydroxyl groups is 1. The summed E-state index contributed by atoms with van der Waals surface area (Å²) in [5.41, 5.74) is 1.14. The molecule has 1 aromatic heterocycles. The zero-order chi connectivity index (χ0) is 13.7. The zero-order valence-corrected chi connectivity index (χ0v) is 12.7. The van der Waals surface area contributed by atoms with Crippen molar-refractivity contribution in [2.75, 3.05) is 19.7 Å². The van der Waals surface area contributed by atoms with E-state index in [0.717, 1.165) is 23.9 Å². The molecule has 0 amide bonds. The first kappa shape index (κ1) is 14.6. The van der Waals surface area contributed by atoms with Crippen LogP contribution in [0, 0.1) is 23.7 Å².